The number of imidazole rings is 1. The molecule has 2 heterocycles. The third kappa shape index (κ3) is 2.51. The van der Waals surface area contributed by atoms with Gasteiger partial charge in [0.15, 0.2) is 0 Å². The van der Waals surface area contributed by atoms with E-state index in [0.717, 1.165) is 32.4 Å². The van der Waals surface area contributed by atoms with Crippen molar-refractivity contribution in [3.05, 3.63) is 42.7 Å². The SMILES string of the molecule is O=C(Nc1ccc(-n2ccnc2)c(F)c1)[C@@]12CCCC[C@H]1CNC2. The molecule has 2 N–H and O–H groups in total. The smallest absolute Gasteiger partial charge is 0.232 e. The van der Waals surface area contributed by atoms with Gasteiger partial charge < -0.3 is 15.2 Å². The monoisotopic (exact) mass is 328 g/mol. The Morgan fingerprint density at radius 1 is 1.42 bits per heavy atom. The molecule has 0 unspecified atom stereocenters. The van der Waals surface area contributed by atoms with E-state index in [0.29, 0.717) is 17.3 Å². The lowest BCUT2D eigenvalue weighted by Crippen LogP contribution is -2.44. The zero-order valence-corrected chi connectivity index (χ0v) is 13.5. The van der Waals surface area contributed by atoms with Gasteiger partial charge in [-0.2, -0.15) is 0 Å². The first kappa shape index (κ1) is 15.3. The number of nitrogens with one attached hydrogen (secondary N) is 2. The second-order valence-corrected chi connectivity index (χ2v) is 6.82. The summed E-state index contributed by atoms with van der Waals surface area (Å²) in [6, 6.07) is 4.78. The molecule has 5 nitrogen and oxygen atoms in total. The van der Waals surface area contributed by atoms with Crippen molar-refractivity contribution in [3.8, 4) is 5.69 Å². The maximum atomic E-state index is 14.4. The van der Waals surface area contributed by atoms with E-state index in [1.807, 2.05) is 0 Å². The summed E-state index contributed by atoms with van der Waals surface area (Å²) >= 11 is 0. The quantitative estimate of drug-likeness (QED) is 0.911. The number of aromatic nitrogens is 2. The normalized spacial score (nSPS) is 26.1. The van der Waals surface area contributed by atoms with Gasteiger partial charge in [0.05, 0.1) is 17.4 Å². The van der Waals surface area contributed by atoms with Crippen LogP contribution in [-0.2, 0) is 4.79 Å². The molecule has 126 valence electrons. The van der Waals surface area contributed by atoms with Crippen LogP contribution in [0.25, 0.3) is 5.69 Å². The summed E-state index contributed by atoms with van der Waals surface area (Å²) in [5.41, 5.74) is 0.589. The van der Waals surface area contributed by atoms with Crippen LogP contribution in [0.2, 0.25) is 0 Å². The Labute approximate surface area is 140 Å². The van der Waals surface area contributed by atoms with Crippen molar-refractivity contribution in [2.24, 2.45) is 11.3 Å². The summed E-state index contributed by atoms with van der Waals surface area (Å²) in [6.07, 6.45) is 9.11. The molecule has 4 rings (SSSR count). The molecule has 0 radical (unpaired) electrons. The van der Waals surface area contributed by atoms with Crippen LogP contribution in [0, 0.1) is 17.2 Å². The van der Waals surface area contributed by atoms with Crippen molar-refractivity contribution in [2.75, 3.05) is 18.4 Å². The number of fused-ring (bicyclic) bond motifs is 1. The predicted molar refractivity (Wildman–Crippen MR) is 89.4 cm³/mol. The lowest BCUT2D eigenvalue weighted by atomic mass is 9.67. The van der Waals surface area contributed by atoms with Crippen LogP contribution >= 0.6 is 0 Å². The van der Waals surface area contributed by atoms with Crippen molar-refractivity contribution in [3.63, 3.8) is 0 Å². The highest BCUT2D eigenvalue weighted by molar-refractivity contribution is 5.96. The zero-order chi connectivity index (χ0) is 16.6. The van der Waals surface area contributed by atoms with Crippen LogP contribution in [0.4, 0.5) is 10.1 Å². The Bertz CT molecular complexity index is 745. The molecule has 6 heteroatoms. The van der Waals surface area contributed by atoms with Crippen molar-refractivity contribution in [1.82, 2.24) is 14.9 Å². The van der Waals surface area contributed by atoms with Gasteiger partial charge in [-0.3, -0.25) is 4.79 Å². The number of nitrogens with zero attached hydrogens (tertiary/aromatic N) is 2. The Morgan fingerprint density at radius 3 is 3.12 bits per heavy atom. The number of halogens is 1. The van der Waals surface area contributed by atoms with Gasteiger partial charge in [0.1, 0.15) is 5.82 Å². The first-order valence-electron chi connectivity index (χ1n) is 8.49. The van der Waals surface area contributed by atoms with E-state index in [9.17, 15) is 9.18 Å². The minimum Gasteiger partial charge on any atom is -0.325 e. The van der Waals surface area contributed by atoms with Crippen LogP contribution in [0.5, 0.6) is 0 Å². The fraction of sp³-hybridized carbons (Fsp3) is 0.444. The Morgan fingerprint density at radius 2 is 2.33 bits per heavy atom. The third-order valence-corrected chi connectivity index (χ3v) is 5.48. The van der Waals surface area contributed by atoms with E-state index in [-0.39, 0.29) is 17.1 Å². The molecular weight excluding hydrogens is 307 g/mol. The largest absolute Gasteiger partial charge is 0.325 e. The average Bonchev–Trinajstić information content (AvgIpc) is 3.25. The fourth-order valence-electron chi connectivity index (χ4n) is 4.14. The summed E-state index contributed by atoms with van der Waals surface area (Å²) < 4.78 is 16.0. The average molecular weight is 328 g/mol. The van der Waals surface area contributed by atoms with Gasteiger partial charge in [-0.1, -0.05) is 12.8 Å². The fourth-order valence-corrected chi connectivity index (χ4v) is 4.14. The molecule has 0 spiro atoms. The molecule has 1 aromatic heterocycles. The first-order chi connectivity index (χ1) is 11.7. The molecular formula is C18H21FN4O. The summed E-state index contributed by atoms with van der Waals surface area (Å²) in [5.74, 6) is 0.0290. The van der Waals surface area contributed by atoms with E-state index in [2.05, 4.69) is 15.6 Å². The summed E-state index contributed by atoms with van der Waals surface area (Å²) in [5, 5.41) is 6.31. The van der Waals surface area contributed by atoms with Gasteiger partial charge in [-0.05, 0) is 43.5 Å². The minimum atomic E-state index is -0.381. The van der Waals surface area contributed by atoms with Crippen molar-refractivity contribution < 1.29 is 9.18 Å². The number of carbonyl (C=O) groups is 1. The first-order valence-corrected chi connectivity index (χ1v) is 8.49. The number of carbonyl (C=O) groups excluding carboxylic acids is 1. The lowest BCUT2D eigenvalue weighted by Gasteiger charge is -2.37. The van der Waals surface area contributed by atoms with Crippen LogP contribution in [0.15, 0.2) is 36.9 Å². The summed E-state index contributed by atoms with van der Waals surface area (Å²) in [4.78, 5) is 16.8. The number of hydrogen-bond acceptors (Lipinski definition) is 3. The maximum Gasteiger partial charge on any atom is 0.232 e. The highest BCUT2D eigenvalue weighted by atomic mass is 19.1. The number of benzene rings is 1. The molecule has 2 aliphatic rings. The zero-order valence-electron chi connectivity index (χ0n) is 13.5. The van der Waals surface area contributed by atoms with Crippen molar-refractivity contribution >= 4 is 11.6 Å². The van der Waals surface area contributed by atoms with Crippen molar-refractivity contribution in [1.29, 1.82) is 0 Å². The van der Waals surface area contributed by atoms with Crippen LogP contribution in [0.3, 0.4) is 0 Å². The van der Waals surface area contributed by atoms with Gasteiger partial charge in [-0.25, -0.2) is 9.37 Å². The molecule has 1 aliphatic heterocycles. The molecule has 2 atom stereocenters. The maximum absolute atomic E-state index is 14.4. The van der Waals surface area contributed by atoms with E-state index in [4.69, 9.17) is 0 Å². The standard InChI is InChI=1S/C18H21FN4O/c19-15-9-14(4-5-16(15)23-8-7-20-12-23)22-17(24)18-6-2-1-3-13(18)10-21-11-18/h4-5,7-9,12-13,21H,1-3,6,10-11H2,(H,22,24)/t13-,18+/m0/s1. The number of hydrogen-bond donors (Lipinski definition) is 2. The minimum absolute atomic E-state index is 0.0204. The highest BCUT2D eigenvalue weighted by Gasteiger charge is 2.49. The topological polar surface area (TPSA) is 59.0 Å². The van der Waals surface area contributed by atoms with Crippen LogP contribution in [0.1, 0.15) is 25.7 Å². The summed E-state index contributed by atoms with van der Waals surface area (Å²) in [6.45, 7) is 1.63. The highest BCUT2D eigenvalue weighted by Crippen LogP contribution is 2.44. The predicted octanol–water partition coefficient (Wildman–Crippen LogP) is 2.73. The van der Waals surface area contributed by atoms with Gasteiger partial charge in [0.25, 0.3) is 0 Å². The second-order valence-electron chi connectivity index (χ2n) is 6.82. The van der Waals surface area contributed by atoms with E-state index in [1.54, 1.807) is 35.4 Å². The molecule has 0 bridgehead atoms. The van der Waals surface area contributed by atoms with Gasteiger partial charge in [0, 0.05) is 24.6 Å². The third-order valence-electron chi connectivity index (χ3n) is 5.48. The lowest BCUT2D eigenvalue weighted by molar-refractivity contribution is -0.128. The number of anilines is 1. The van der Waals surface area contributed by atoms with E-state index >= 15 is 0 Å². The molecule has 1 saturated heterocycles. The molecule has 2 fully saturated rings. The molecule has 1 aliphatic carbocycles. The molecule has 1 aromatic carbocycles. The summed E-state index contributed by atoms with van der Waals surface area (Å²) in [7, 11) is 0. The number of rotatable bonds is 3. The van der Waals surface area contributed by atoms with Gasteiger partial charge in [-0.15, -0.1) is 0 Å². The molecule has 1 amide bonds. The van der Waals surface area contributed by atoms with Crippen LogP contribution in [-0.4, -0.2) is 28.5 Å². The van der Waals surface area contributed by atoms with E-state index < -0.39 is 0 Å². The van der Waals surface area contributed by atoms with Crippen molar-refractivity contribution in [2.45, 2.75) is 25.7 Å². The van der Waals surface area contributed by atoms with Crippen LogP contribution < -0.4 is 10.6 Å². The van der Waals surface area contributed by atoms with Gasteiger partial charge in [0.2, 0.25) is 5.91 Å². The second kappa shape index (κ2) is 6.02. The molecule has 24 heavy (non-hydrogen) atoms. The molecule has 1 saturated carbocycles. The number of amides is 1. The Hall–Kier alpha value is -2.21. The van der Waals surface area contributed by atoms with E-state index in [1.165, 1.54) is 12.5 Å². The Kier molecular flexibility index (Phi) is 3.84. The Balaban J connectivity index is 1.55. The molecule has 2 aromatic rings. The van der Waals surface area contributed by atoms with Gasteiger partial charge >= 0.3 is 0 Å².